The molecule has 1 amide bonds. The second-order valence-electron chi connectivity index (χ2n) is 5.43. The van der Waals surface area contributed by atoms with E-state index in [4.69, 9.17) is 5.11 Å². The third-order valence-corrected chi connectivity index (χ3v) is 4.09. The first-order valence-corrected chi connectivity index (χ1v) is 7.19. The van der Waals surface area contributed by atoms with Crippen molar-refractivity contribution in [3.05, 3.63) is 35.9 Å². The van der Waals surface area contributed by atoms with E-state index in [1.807, 2.05) is 37.3 Å². The number of rotatable bonds is 6. The van der Waals surface area contributed by atoms with Crippen molar-refractivity contribution in [3.63, 3.8) is 0 Å². The summed E-state index contributed by atoms with van der Waals surface area (Å²) in [5.41, 5.74) is 1.18. The van der Waals surface area contributed by atoms with Gasteiger partial charge in [-0.05, 0) is 31.2 Å². The molecule has 0 aliphatic heterocycles. The van der Waals surface area contributed by atoms with E-state index < -0.39 is 11.9 Å². The summed E-state index contributed by atoms with van der Waals surface area (Å²) in [6.07, 6.45) is 2.92. The lowest BCUT2D eigenvalue weighted by Gasteiger charge is -2.33. The van der Waals surface area contributed by atoms with Gasteiger partial charge in [0.2, 0.25) is 5.91 Å². The van der Waals surface area contributed by atoms with Gasteiger partial charge in [0.1, 0.15) is 0 Å². The number of carboxylic acid groups (broad SMARTS) is 1. The molecular formula is C16H21NO3. The zero-order chi connectivity index (χ0) is 14.5. The maximum absolute atomic E-state index is 12.1. The van der Waals surface area contributed by atoms with Crippen molar-refractivity contribution in [2.75, 3.05) is 0 Å². The van der Waals surface area contributed by atoms with E-state index >= 15 is 0 Å². The SMILES string of the molecule is CCC(Cc1ccccc1)NC(=O)C1CCC1C(=O)O. The van der Waals surface area contributed by atoms with Crippen molar-refractivity contribution in [2.24, 2.45) is 11.8 Å². The average Bonchev–Trinajstić information content (AvgIpc) is 2.37. The lowest BCUT2D eigenvalue weighted by atomic mass is 9.73. The minimum Gasteiger partial charge on any atom is -0.481 e. The highest BCUT2D eigenvalue weighted by Crippen LogP contribution is 2.34. The Morgan fingerprint density at radius 3 is 2.40 bits per heavy atom. The molecule has 0 aromatic heterocycles. The van der Waals surface area contributed by atoms with Crippen LogP contribution >= 0.6 is 0 Å². The Morgan fingerprint density at radius 1 is 1.25 bits per heavy atom. The molecular weight excluding hydrogens is 254 g/mol. The smallest absolute Gasteiger partial charge is 0.307 e. The summed E-state index contributed by atoms with van der Waals surface area (Å²) in [7, 11) is 0. The Labute approximate surface area is 119 Å². The summed E-state index contributed by atoms with van der Waals surface area (Å²) >= 11 is 0. The maximum atomic E-state index is 12.1. The van der Waals surface area contributed by atoms with Gasteiger partial charge in [0.25, 0.3) is 0 Å². The first kappa shape index (κ1) is 14.6. The Kier molecular flexibility index (Phi) is 4.77. The summed E-state index contributed by atoms with van der Waals surface area (Å²) in [6, 6.07) is 10.1. The van der Waals surface area contributed by atoms with Crippen molar-refractivity contribution in [3.8, 4) is 0 Å². The van der Waals surface area contributed by atoms with Crippen LogP contribution in [0, 0.1) is 11.8 Å². The average molecular weight is 275 g/mol. The second-order valence-corrected chi connectivity index (χ2v) is 5.43. The van der Waals surface area contributed by atoms with Gasteiger partial charge in [-0.25, -0.2) is 0 Å². The highest BCUT2D eigenvalue weighted by atomic mass is 16.4. The van der Waals surface area contributed by atoms with Crippen molar-refractivity contribution in [1.29, 1.82) is 0 Å². The van der Waals surface area contributed by atoms with E-state index in [1.54, 1.807) is 0 Å². The van der Waals surface area contributed by atoms with E-state index in [0.29, 0.717) is 12.8 Å². The highest BCUT2D eigenvalue weighted by Gasteiger charge is 2.41. The highest BCUT2D eigenvalue weighted by molar-refractivity contribution is 5.86. The van der Waals surface area contributed by atoms with Crippen LogP contribution in [0.4, 0.5) is 0 Å². The van der Waals surface area contributed by atoms with E-state index in [9.17, 15) is 9.59 Å². The Hall–Kier alpha value is -1.84. The Bertz CT molecular complexity index is 472. The number of nitrogens with one attached hydrogen (secondary N) is 1. The van der Waals surface area contributed by atoms with E-state index in [0.717, 1.165) is 12.8 Å². The van der Waals surface area contributed by atoms with E-state index in [1.165, 1.54) is 5.56 Å². The molecule has 4 heteroatoms. The van der Waals surface area contributed by atoms with Gasteiger partial charge >= 0.3 is 5.97 Å². The quantitative estimate of drug-likeness (QED) is 0.836. The molecule has 2 N–H and O–H groups in total. The van der Waals surface area contributed by atoms with Crippen LogP contribution in [-0.2, 0) is 16.0 Å². The third-order valence-electron chi connectivity index (χ3n) is 4.09. The zero-order valence-electron chi connectivity index (χ0n) is 11.7. The van der Waals surface area contributed by atoms with Crippen LogP contribution in [0.1, 0.15) is 31.7 Å². The Balaban J connectivity index is 1.90. The van der Waals surface area contributed by atoms with Gasteiger partial charge in [-0.15, -0.1) is 0 Å². The molecule has 4 nitrogen and oxygen atoms in total. The molecule has 1 aromatic rings. The standard InChI is InChI=1S/C16H21NO3/c1-2-12(10-11-6-4-3-5-7-11)17-15(18)13-8-9-14(13)16(19)20/h3-7,12-14H,2,8-10H2,1H3,(H,17,18)(H,19,20). The van der Waals surface area contributed by atoms with Gasteiger partial charge in [-0.3, -0.25) is 9.59 Å². The van der Waals surface area contributed by atoms with E-state index in [-0.39, 0.29) is 17.9 Å². The topological polar surface area (TPSA) is 66.4 Å². The van der Waals surface area contributed by atoms with Crippen LogP contribution in [0.2, 0.25) is 0 Å². The lowest BCUT2D eigenvalue weighted by Crippen LogP contribution is -2.47. The van der Waals surface area contributed by atoms with Gasteiger partial charge in [-0.2, -0.15) is 0 Å². The molecule has 1 saturated carbocycles. The molecule has 1 aromatic carbocycles. The van der Waals surface area contributed by atoms with Crippen LogP contribution in [0.5, 0.6) is 0 Å². The molecule has 20 heavy (non-hydrogen) atoms. The fourth-order valence-corrected chi connectivity index (χ4v) is 2.61. The van der Waals surface area contributed by atoms with Gasteiger partial charge in [0.05, 0.1) is 11.8 Å². The third kappa shape index (κ3) is 3.38. The van der Waals surface area contributed by atoms with Gasteiger partial charge in [0, 0.05) is 6.04 Å². The zero-order valence-corrected chi connectivity index (χ0v) is 11.7. The van der Waals surface area contributed by atoms with Gasteiger partial charge in [-0.1, -0.05) is 37.3 Å². The van der Waals surface area contributed by atoms with Crippen LogP contribution in [0.3, 0.4) is 0 Å². The monoisotopic (exact) mass is 275 g/mol. The predicted octanol–water partition coefficient (Wildman–Crippen LogP) is 2.23. The van der Waals surface area contributed by atoms with E-state index in [2.05, 4.69) is 5.32 Å². The van der Waals surface area contributed by atoms with Crippen LogP contribution in [0.25, 0.3) is 0 Å². The van der Waals surface area contributed by atoms with Crippen LogP contribution < -0.4 is 5.32 Å². The predicted molar refractivity (Wildman–Crippen MR) is 76.2 cm³/mol. The first-order chi connectivity index (χ1) is 9.61. The normalized spacial score (nSPS) is 22.6. The number of hydrogen-bond donors (Lipinski definition) is 2. The molecule has 2 rings (SSSR count). The van der Waals surface area contributed by atoms with Gasteiger partial charge in [0.15, 0.2) is 0 Å². The first-order valence-electron chi connectivity index (χ1n) is 7.19. The molecule has 0 heterocycles. The number of aliphatic carboxylic acids is 1. The largest absolute Gasteiger partial charge is 0.481 e. The van der Waals surface area contributed by atoms with Gasteiger partial charge < -0.3 is 10.4 Å². The molecule has 1 fully saturated rings. The lowest BCUT2D eigenvalue weighted by molar-refractivity contribution is -0.153. The molecule has 1 aliphatic carbocycles. The van der Waals surface area contributed by atoms with Crippen molar-refractivity contribution in [2.45, 2.75) is 38.6 Å². The molecule has 0 spiro atoms. The number of carbonyl (C=O) groups excluding carboxylic acids is 1. The second kappa shape index (κ2) is 6.55. The van der Waals surface area contributed by atoms with Crippen LogP contribution in [-0.4, -0.2) is 23.0 Å². The number of carbonyl (C=O) groups is 2. The molecule has 0 radical (unpaired) electrons. The molecule has 108 valence electrons. The molecule has 1 aliphatic rings. The molecule has 0 saturated heterocycles. The molecule has 0 bridgehead atoms. The van der Waals surface area contributed by atoms with Crippen molar-refractivity contribution >= 4 is 11.9 Å². The number of carboxylic acids is 1. The molecule has 3 unspecified atom stereocenters. The fourth-order valence-electron chi connectivity index (χ4n) is 2.61. The summed E-state index contributed by atoms with van der Waals surface area (Å²) < 4.78 is 0. The number of benzene rings is 1. The summed E-state index contributed by atoms with van der Waals surface area (Å²) in [5, 5.41) is 12.0. The Morgan fingerprint density at radius 2 is 1.90 bits per heavy atom. The number of hydrogen-bond acceptors (Lipinski definition) is 2. The number of amides is 1. The minimum atomic E-state index is -0.854. The van der Waals surface area contributed by atoms with Crippen LogP contribution in [0.15, 0.2) is 30.3 Å². The summed E-state index contributed by atoms with van der Waals surface area (Å²) in [6.45, 7) is 2.03. The van der Waals surface area contributed by atoms with Crippen molar-refractivity contribution in [1.82, 2.24) is 5.32 Å². The maximum Gasteiger partial charge on any atom is 0.307 e. The molecule has 3 atom stereocenters. The fraction of sp³-hybridized carbons (Fsp3) is 0.500. The summed E-state index contributed by atoms with van der Waals surface area (Å²) in [5.74, 6) is -1.81. The minimum absolute atomic E-state index is 0.0694. The van der Waals surface area contributed by atoms with Crippen molar-refractivity contribution < 1.29 is 14.7 Å². The summed E-state index contributed by atoms with van der Waals surface area (Å²) in [4.78, 5) is 23.1.